The van der Waals surface area contributed by atoms with Crippen LogP contribution in [0.1, 0.15) is 12.5 Å². The van der Waals surface area contributed by atoms with Crippen molar-refractivity contribution in [1.82, 2.24) is 19.6 Å². The molecule has 2 aromatic heterocycles. The van der Waals surface area contributed by atoms with E-state index in [4.69, 9.17) is 4.74 Å². The maximum Gasteiger partial charge on any atom is 0.251 e. The molecule has 0 saturated carbocycles. The van der Waals surface area contributed by atoms with Crippen LogP contribution in [0.2, 0.25) is 0 Å². The van der Waals surface area contributed by atoms with Gasteiger partial charge >= 0.3 is 0 Å². The first-order valence-corrected chi connectivity index (χ1v) is 10.2. The third-order valence-electron chi connectivity index (χ3n) is 5.11. The van der Waals surface area contributed by atoms with Crippen LogP contribution in [-0.2, 0) is 0 Å². The number of methoxy groups -OCH3 is 1. The SMILES string of the molecule is C/C=C(\C=N/C)c1cccc(-n2cc(OC)c(=O)c(-c3ccnn3-c3ccccc3)n2)c1F. The molecule has 4 aromatic rings. The highest BCUT2D eigenvalue weighted by Gasteiger charge is 2.20. The van der Waals surface area contributed by atoms with Crippen molar-refractivity contribution < 1.29 is 9.13 Å². The maximum atomic E-state index is 15.6. The summed E-state index contributed by atoms with van der Waals surface area (Å²) in [5, 5.41) is 8.82. The van der Waals surface area contributed by atoms with Crippen LogP contribution in [0.3, 0.4) is 0 Å². The largest absolute Gasteiger partial charge is 0.491 e. The Bertz CT molecular complexity index is 1400. The van der Waals surface area contributed by atoms with Crippen LogP contribution >= 0.6 is 0 Å². The molecule has 166 valence electrons. The monoisotopic (exact) mass is 443 g/mol. The zero-order valence-corrected chi connectivity index (χ0v) is 18.4. The van der Waals surface area contributed by atoms with Gasteiger partial charge in [0.05, 0.1) is 30.9 Å². The van der Waals surface area contributed by atoms with E-state index in [9.17, 15) is 4.79 Å². The lowest BCUT2D eigenvalue weighted by Crippen LogP contribution is -2.18. The Morgan fingerprint density at radius 1 is 1.12 bits per heavy atom. The average molecular weight is 443 g/mol. The molecule has 2 aromatic carbocycles. The zero-order valence-electron chi connectivity index (χ0n) is 18.4. The molecule has 8 heteroatoms. The lowest BCUT2D eigenvalue weighted by atomic mass is 10.1. The molecule has 0 saturated heterocycles. The second-order valence-corrected chi connectivity index (χ2v) is 7.05. The third kappa shape index (κ3) is 4.10. The van der Waals surface area contributed by atoms with Gasteiger partial charge in [0.25, 0.3) is 5.43 Å². The molecule has 0 amide bonds. The predicted octanol–water partition coefficient (Wildman–Crippen LogP) is 4.34. The van der Waals surface area contributed by atoms with Gasteiger partial charge in [-0.1, -0.05) is 36.4 Å². The van der Waals surface area contributed by atoms with E-state index in [2.05, 4.69) is 15.2 Å². The number of aliphatic imine (C=N–C) groups is 1. The standard InChI is InChI=1S/C25H22FN5O2/c1-4-17(15-27-2)19-11-8-12-20(23(19)26)30-16-22(33-3)25(32)24(29-30)21-13-14-28-31(21)18-9-6-5-7-10-18/h4-16H,1-3H3/b17-4+,27-15-. The molecule has 0 spiro atoms. The Balaban J connectivity index is 1.93. The number of para-hydroxylation sites is 1. The number of hydrogen-bond acceptors (Lipinski definition) is 5. The van der Waals surface area contributed by atoms with E-state index < -0.39 is 11.2 Å². The first-order valence-electron chi connectivity index (χ1n) is 10.2. The van der Waals surface area contributed by atoms with E-state index in [0.29, 0.717) is 16.8 Å². The summed E-state index contributed by atoms with van der Waals surface area (Å²) < 4.78 is 23.8. The van der Waals surface area contributed by atoms with E-state index in [1.165, 1.54) is 18.0 Å². The Labute approximate surface area is 190 Å². The Morgan fingerprint density at radius 2 is 1.91 bits per heavy atom. The van der Waals surface area contributed by atoms with Crippen molar-refractivity contribution in [2.24, 2.45) is 4.99 Å². The zero-order chi connectivity index (χ0) is 23.4. The summed E-state index contributed by atoms with van der Waals surface area (Å²) in [5.74, 6) is -0.460. The Kier molecular flexibility index (Phi) is 6.26. The normalized spacial score (nSPS) is 11.8. The van der Waals surface area contributed by atoms with Crippen LogP contribution in [0.25, 0.3) is 28.3 Å². The van der Waals surface area contributed by atoms with E-state index in [0.717, 1.165) is 5.69 Å². The van der Waals surface area contributed by atoms with E-state index in [-0.39, 0.29) is 17.1 Å². The van der Waals surface area contributed by atoms with E-state index in [1.54, 1.807) is 54.5 Å². The molecule has 0 unspecified atom stereocenters. The first kappa shape index (κ1) is 21.9. The highest BCUT2D eigenvalue weighted by atomic mass is 19.1. The highest BCUT2D eigenvalue weighted by molar-refractivity contribution is 6.09. The van der Waals surface area contributed by atoms with Crippen molar-refractivity contribution in [2.45, 2.75) is 6.92 Å². The molecular formula is C25H22FN5O2. The lowest BCUT2D eigenvalue weighted by Gasteiger charge is -2.14. The lowest BCUT2D eigenvalue weighted by molar-refractivity contribution is 0.405. The Hall–Kier alpha value is -4.33. The molecule has 33 heavy (non-hydrogen) atoms. The molecule has 2 heterocycles. The van der Waals surface area contributed by atoms with Gasteiger partial charge in [0.15, 0.2) is 17.3 Å². The molecule has 0 bridgehead atoms. The fourth-order valence-corrected chi connectivity index (χ4v) is 3.52. The molecule has 0 N–H and O–H groups in total. The minimum absolute atomic E-state index is 0.0343. The molecule has 7 nitrogen and oxygen atoms in total. The van der Waals surface area contributed by atoms with Gasteiger partial charge in [-0.15, -0.1) is 0 Å². The smallest absolute Gasteiger partial charge is 0.251 e. The summed E-state index contributed by atoms with van der Waals surface area (Å²) >= 11 is 0. The second-order valence-electron chi connectivity index (χ2n) is 7.05. The number of hydrogen-bond donors (Lipinski definition) is 0. The molecule has 0 radical (unpaired) electrons. The van der Waals surface area contributed by atoms with Crippen LogP contribution in [0.15, 0.2) is 82.9 Å². The topological polar surface area (TPSA) is 74.3 Å². The van der Waals surface area contributed by atoms with Gasteiger partial charge in [-0.05, 0) is 36.8 Å². The molecule has 0 aliphatic carbocycles. The van der Waals surface area contributed by atoms with Crippen LogP contribution in [0.4, 0.5) is 4.39 Å². The van der Waals surface area contributed by atoms with Crippen molar-refractivity contribution >= 4 is 11.8 Å². The third-order valence-corrected chi connectivity index (χ3v) is 5.11. The Morgan fingerprint density at radius 3 is 2.61 bits per heavy atom. The van der Waals surface area contributed by atoms with Crippen molar-refractivity contribution in [3.8, 4) is 28.5 Å². The quantitative estimate of drug-likeness (QED) is 0.416. The number of rotatable bonds is 6. The summed E-state index contributed by atoms with van der Waals surface area (Å²) in [6.07, 6.45) is 6.32. The van der Waals surface area contributed by atoms with Crippen LogP contribution in [0, 0.1) is 5.82 Å². The van der Waals surface area contributed by atoms with Crippen molar-refractivity contribution in [1.29, 1.82) is 0 Å². The summed E-state index contributed by atoms with van der Waals surface area (Å²) in [5.41, 5.74) is 2.06. The minimum Gasteiger partial charge on any atom is -0.491 e. The van der Waals surface area contributed by atoms with Crippen LogP contribution in [0.5, 0.6) is 5.75 Å². The summed E-state index contributed by atoms with van der Waals surface area (Å²) in [6, 6.07) is 16.0. The van der Waals surface area contributed by atoms with Crippen LogP contribution < -0.4 is 10.2 Å². The minimum atomic E-state index is -0.494. The molecule has 0 atom stereocenters. The van der Waals surface area contributed by atoms with Gasteiger partial charge in [-0.2, -0.15) is 10.2 Å². The number of allylic oxidation sites excluding steroid dienone is 2. The number of benzene rings is 2. The van der Waals surface area contributed by atoms with Gasteiger partial charge in [0, 0.05) is 18.8 Å². The summed E-state index contributed by atoms with van der Waals surface area (Å²) in [7, 11) is 3.02. The molecule has 0 aliphatic heterocycles. The molecular weight excluding hydrogens is 421 g/mol. The first-order chi connectivity index (χ1) is 16.1. The average Bonchev–Trinajstić information content (AvgIpc) is 3.33. The summed E-state index contributed by atoms with van der Waals surface area (Å²) in [6.45, 7) is 1.81. The van der Waals surface area contributed by atoms with Crippen LogP contribution in [-0.4, -0.2) is 39.9 Å². The molecule has 4 rings (SSSR count). The van der Waals surface area contributed by atoms with Crippen molar-refractivity contribution in [3.63, 3.8) is 0 Å². The van der Waals surface area contributed by atoms with Gasteiger partial charge in [-0.25, -0.2) is 13.8 Å². The maximum absolute atomic E-state index is 15.6. The number of halogens is 1. The predicted molar refractivity (Wildman–Crippen MR) is 127 cm³/mol. The summed E-state index contributed by atoms with van der Waals surface area (Å²) in [4.78, 5) is 17.1. The highest BCUT2D eigenvalue weighted by Crippen LogP contribution is 2.25. The van der Waals surface area contributed by atoms with E-state index in [1.807, 2.05) is 37.3 Å². The number of nitrogens with zero attached hydrogens (tertiary/aromatic N) is 5. The van der Waals surface area contributed by atoms with Crippen molar-refractivity contribution in [3.05, 3.63) is 94.7 Å². The van der Waals surface area contributed by atoms with Gasteiger partial charge in [-0.3, -0.25) is 9.79 Å². The second kappa shape index (κ2) is 9.44. The molecule has 0 fully saturated rings. The van der Waals surface area contributed by atoms with Crippen molar-refractivity contribution in [2.75, 3.05) is 14.2 Å². The fourth-order valence-electron chi connectivity index (χ4n) is 3.52. The fraction of sp³-hybridized carbons (Fsp3) is 0.120. The van der Waals surface area contributed by atoms with Gasteiger partial charge in [0.1, 0.15) is 5.69 Å². The number of aromatic nitrogens is 4. The van der Waals surface area contributed by atoms with Gasteiger partial charge in [0.2, 0.25) is 0 Å². The van der Waals surface area contributed by atoms with E-state index >= 15 is 4.39 Å². The molecule has 0 aliphatic rings. The van der Waals surface area contributed by atoms with Gasteiger partial charge < -0.3 is 4.74 Å². The number of ether oxygens (including phenoxy) is 1.